The number of urea groups is 1. The van der Waals surface area contributed by atoms with Gasteiger partial charge in [-0.2, -0.15) is 9.37 Å². The SMILES string of the molecule is Cc1ccc(C)c(C[N+]2=C3c4ccccc4SC3C(=O)N(c3ccccc3)C2=O)c1. The lowest BCUT2D eigenvalue weighted by molar-refractivity contribution is -0.444. The Balaban J connectivity index is 1.70. The Bertz CT molecular complexity index is 1220. The topological polar surface area (TPSA) is 40.4 Å². The zero-order valence-electron chi connectivity index (χ0n) is 16.8. The summed E-state index contributed by atoms with van der Waals surface area (Å²) in [6.45, 7) is 4.55. The average molecular weight is 414 g/mol. The van der Waals surface area contributed by atoms with E-state index >= 15 is 0 Å². The number of thioether (sulfide) groups is 1. The van der Waals surface area contributed by atoms with E-state index in [0.717, 1.165) is 32.9 Å². The third-order valence-corrected chi connectivity index (χ3v) is 6.93. The second-order valence-electron chi connectivity index (χ2n) is 7.69. The summed E-state index contributed by atoms with van der Waals surface area (Å²) in [4.78, 5) is 29.5. The van der Waals surface area contributed by atoms with Crippen LogP contribution in [-0.4, -0.2) is 27.5 Å². The van der Waals surface area contributed by atoms with Crippen LogP contribution in [0.5, 0.6) is 0 Å². The Labute approximate surface area is 179 Å². The van der Waals surface area contributed by atoms with Crippen molar-refractivity contribution in [3.8, 4) is 0 Å². The third-order valence-electron chi connectivity index (χ3n) is 5.66. The van der Waals surface area contributed by atoms with Crippen LogP contribution in [0.2, 0.25) is 0 Å². The summed E-state index contributed by atoms with van der Waals surface area (Å²) in [5.41, 5.74) is 5.76. The van der Waals surface area contributed by atoms with E-state index < -0.39 is 5.25 Å². The number of fused-ring (bicyclic) bond motifs is 3. The molecule has 3 aromatic carbocycles. The predicted octanol–water partition coefficient (Wildman–Crippen LogP) is 4.95. The Kier molecular flexibility index (Phi) is 4.55. The molecule has 0 aliphatic carbocycles. The van der Waals surface area contributed by atoms with Gasteiger partial charge in [0.25, 0.3) is 0 Å². The summed E-state index contributed by atoms with van der Waals surface area (Å²) in [7, 11) is 0. The van der Waals surface area contributed by atoms with Crippen LogP contribution < -0.4 is 4.90 Å². The van der Waals surface area contributed by atoms with Gasteiger partial charge in [0.2, 0.25) is 0 Å². The van der Waals surface area contributed by atoms with Crippen LogP contribution in [0.15, 0.2) is 77.7 Å². The Hall–Kier alpha value is -3.18. The summed E-state index contributed by atoms with van der Waals surface area (Å²) in [6.07, 6.45) is 0. The minimum atomic E-state index is -0.426. The van der Waals surface area contributed by atoms with Crippen LogP contribution in [0, 0.1) is 13.8 Å². The second-order valence-corrected chi connectivity index (χ2v) is 8.83. The smallest absolute Gasteiger partial charge is 0.244 e. The van der Waals surface area contributed by atoms with Gasteiger partial charge in [0.15, 0.2) is 5.25 Å². The lowest BCUT2D eigenvalue weighted by Gasteiger charge is -2.25. The molecule has 3 amide bonds. The van der Waals surface area contributed by atoms with Crippen LogP contribution in [0.1, 0.15) is 22.3 Å². The number of amides is 3. The Morgan fingerprint density at radius 3 is 2.47 bits per heavy atom. The summed E-state index contributed by atoms with van der Waals surface area (Å²) in [5.74, 6) is -0.181. The molecule has 0 radical (unpaired) electrons. The summed E-state index contributed by atoms with van der Waals surface area (Å²) >= 11 is 1.53. The molecule has 0 saturated heterocycles. The number of rotatable bonds is 3. The number of anilines is 1. The van der Waals surface area contributed by atoms with Gasteiger partial charge in [-0.3, -0.25) is 0 Å². The zero-order valence-corrected chi connectivity index (χ0v) is 17.6. The number of hydrogen-bond donors (Lipinski definition) is 0. The summed E-state index contributed by atoms with van der Waals surface area (Å²) in [6, 6.07) is 23.1. The number of nitrogens with zero attached hydrogens (tertiary/aromatic N) is 2. The minimum absolute atomic E-state index is 0.181. The van der Waals surface area contributed by atoms with E-state index in [-0.39, 0.29) is 11.9 Å². The van der Waals surface area contributed by atoms with Gasteiger partial charge in [0, 0.05) is 10.5 Å². The highest BCUT2D eigenvalue weighted by Crippen LogP contribution is 2.41. The molecule has 0 fully saturated rings. The van der Waals surface area contributed by atoms with Gasteiger partial charge in [0.05, 0.1) is 0 Å². The fourth-order valence-corrected chi connectivity index (χ4v) is 5.39. The molecule has 0 saturated carbocycles. The number of para-hydroxylation sites is 1. The van der Waals surface area contributed by atoms with Crippen molar-refractivity contribution >= 4 is 35.1 Å². The highest BCUT2D eigenvalue weighted by Gasteiger charge is 2.53. The third kappa shape index (κ3) is 2.97. The van der Waals surface area contributed by atoms with Crippen molar-refractivity contribution in [1.29, 1.82) is 0 Å². The van der Waals surface area contributed by atoms with Crippen molar-refractivity contribution in [3.63, 3.8) is 0 Å². The van der Waals surface area contributed by atoms with Gasteiger partial charge in [-0.1, -0.05) is 54.1 Å². The van der Waals surface area contributed by atoms with Gasteiger partial charge >= 0.3 is 11.9 Å². The van der Waals surface area contributed by atoms with E-state index in [1.165, 1.54) is 16.7 Å². The van der Waals surface area contributed by atoms with E-state index in [1.54, 1.807) is 4.58 Å². The first kappa shape index (κ1) is 18.8. The molecule has 0 bridgehead atoms. The van der Waals surface area contributed by atoms with E-state index in [0.29, 0.717) is 12.2 Å². The molecule has 2 aliphatic rings. The van der Waals surface area contributed by atoms with Gasteiger partial charge in [0.1, 0.15) is 17.9 Å². The van der Waals surface area contributed by atoms with Crippen molar-refractivity contribution < 1.29 is 14.2 Å². The van der Waals surface area contributed by atoms with Gasteiger partial charge in [-0.25, -0.2) is 4.79 Å². The van der Waals surface area contributed by atoms with E-state index in [9.17, 15) is 9.59 Å². The molecule has 30 heavy (non-hydrogen) atoms. The average Bonchev–Trinajstić information content (AvgIpc) is 3.14. The normalized spacial score (nSPS) is 17.9. The van der Waals surface area contributed by atoms with E-state index in [1.807, 2.05) is 54.6 Å². The van der Waals surface area contributed by atoms with Crippen molar-refractivity contribution in [2.45, 2.75) is 30.5 Å². The lowest BCUT2D eigenvalue weighted by atomic mass is 10.0. The molecule has 4 nitrogen and oxygen atoms in total. The largest absolute Gasteiger partial charge is 0.506 e. The highest BCUT2D eigenvalue weighted by atomic mass is 32.2. The number of benzene rings is 3. The predicted molar refractivity (Wildman–Crippen MR) is 119 cm³/mol. The Morgan fingerprint density at radius 1 is 0.933 bits per heavy atom. The van der Waals surface area contributed by atoms with Gasteiger partial charge < -0.3 is 0 Å². The number of hydrogen-bond acceptors (Lipinski definition) is 3. The standard InChI is InChI=1S/C25H21N2O2S/c1-16-12-13-17(2)18(14-16)15-26-22-20-10-6-7-11-21(20)30-23(22)24(28)27(25(26)29)19-8-4-3-5-9-19/h3-14,23H,15H2,1-2H3/q+1. The number of imide groups is 1. The molecule has 0 aromatic heterocycles. The van der Waals surface area contributed by atoms with Gasteiger partial charge in [-0.05, 0) is 49.2 Å². The fraction of sp³-hybridized carbons (Fsp3) is 0.160. The maximum absolute atomic E-state index is 13.7. The number of aryl methyl sites for hydroxylation is 2. The maximum atomic E-state index is 13.7. The maximum Gasteiger partial charge on any atom is 0.506 e. The van der Waals surface area contributed by atoms with Crippen LogP contribution in [-0.2, 0) is 11.3 Å². The highest BCUT2D eigenvalue weighted by molar-refractivity contribution is 8.02. The molecule has 0 N–H and O–H groups in total. The van der Waals surface area contributed by atoms with E-state index in [2.05, 4.69) is 32.0 Å². The summed E-state index contributed by atoms with van der Waals surface area (Å²) in [5, 5.41) is -0.426. The molecule has 1 atom stereocenters. The first-order valence-electron chi connectivity index (χ1n) is 9.94. The van der Waals surface area contributed by atoms with Crippen LogP contribution >= 0.6 is 11.8 Å². The first-order chi connectivity index (χ1) is 14.5. The molecular weight excluding hydrogens is 392 g/mol. The monoisotopic (exact) mass is 413 g/mol. The molecule has 1 unspecified atom stereocenters. The molecule has 3 aromatic rings. The molecule has 5 rings (SSSR count). The van der Waals surface area contributed by atoms with Crippen LogP contribution in [0.4, 0.5) is 10.5 Å². The van der Waals surface area contributed by atoms with Crippen molar-refractivity contribution in [2.24, 2.45) is 0 Å². The second kappa shape index (κ2) is 7.26. The van der Waals surface area contributed by atoms with Crippen molar-refractivity contribution in [1.82, 2.24) is 0 Å². The molecule has 0 spiro atoms. The zero-order chi connectivity index (χ0) is 20.8. The Morgan fingerprint density at radius 2 is 1.67 bits per heavy atom. The molecule has 148 valence electrons. The van der Waals surface area contributed by atoms with Crippen molar-refractivity contribution in [3.05, 3.63) is 95.1 Å². The summed E-state index contributed by atoms with van der Waals surface area (Å²) < 4.78 is 1.79. The molecule has 2 heterocycles. The number of carbonyl (C=O) groups excluding carboxylic acids is 2. The van der Waals surface area contributed by atoms with Gasteiger partial charge in [-0.15, -0.1) is 16.7 Å². The molecular formula is C25H21N2O2S+. The van der Waals surface area contributed by atoms with Crippen LogP contribution in [0.25, 0.3) is 0 Å². The lowest BCUT2D eigenvalue weighted by Crippen LogP contribution is -2.55. The molecule has 5 heteroatoms. The van der Waals surface area contributed by atoms with E-state index in [4.69, 9.17) is 0 Å². The quantitative estimate of drug-likeness (QED) is 0.571. The van der Waals surface area contributed by atoms with Crippen LogP contribution in [0.3, 0.4) is 0 Å². The first-order valence-corrected chi connectivity index (χ1v) is 10.8. The van der Waals surface area contributed by atoms with Crippen molar-refractivity contribution in [2.75, 3.05) is 4.90 Å². The molecule has 2 aliphatic heterocycles. The number of carbonyl (C=O) groups is 2. The minimum Gasteiger partial charge on any atom is -0.244 e. The fourth-order valence-electron chi connectivity index (χ4n) is 4.10.